The third-order valence-corrected chi connectivity index (χ3v) is 5.17. The van der Waals surface area contributed by atoms with Gasteiger partial charge < -0.3 is 15.4 Å². The van der Waals surface area contributed by atoms with Crippen LogP contribution in [0.5, 0.6) is 0 Å². The molecule has 1 saturated carbocycles. The van der Waals surface area contributed by atoms with E-state index in [1.54, 1.807) is 0 Å². The van der Waals surface area contributed by atoms with E-state index in [9.17, 15) is 19.1 Å². The molecule has 1 aliphatic rings. The van der Waals surface area contributed by atoms with E-state index in [0.29, 0.717) is 23.7 Å². The van der Waals surface area contributed by atoms with Gasteiger partial charge in [-0.25, -0.2) is 4.39 Å². The van der Waals surface area contributed by atoms with Gasteiger partial charge in [-0.15, -0.1) is 0 Å². The second kappa shape index (κ2) is 6.43. The minimum atomic E-state index is -0.918. The maximum absolute atomic E-state index is 13.3. The number of aliphatic carboxylic acids is 1. The number of carbonyl (C=O) groups excluding carboxylic acids is 1. The van der Waals surface area contributed by atoms with Gasteiger partial charge in [0.1, 0.15) is 11.5 Å². The summed E-state index contributed by atoms with van der Waals surface area (Å²) in [5.74, 6) is -1.81. The monoisotopic (exact) mass is 352 g/mol. The molecule has 0 spiro atoms. The molecule has 0 atom stereocenters. The van der Waals surface area contributed by atoms with Crippen molar-refractivity contribution in [3.05, 3.63) is 34.7 Å². The normalized spacial score (nSPS) is 16.9. The van der Waals surface area contributed by atoms with E-state index in [2.05, 4.69) is 10.3 Å². The van der Waals surface area contributed by atoms with Gasteiger partial charge in [-0.3, -0.25) is 9.59 Å². The van der Waals surface area contributed by atoms with Gasteiger partial charge in [0.2, 0.25) is 0 Å². The van der Waals surface area contributed by atoms with Crippen LogP contribution in [0, 0.1) is 11.2 Å². The number of nitrogens with one attached hydrogen (secondary N) is 2. The molecule has 0 unspecified atom stereocenters. The van der Waals surface area contributed by atoms with Gasteiger partial charge in [0.15, 0.2) is 0 Å². The number of H-pyrrole nitrogens is 1. The van der Waals surface area contributed by atoms with Crippen molar-refractivity contribution in [3.63, 3.8) is 0 Å². The van der Waals surface area contributed by atoms with Gasteiger partial charge in [-0.1, -0.05) is 30.9 Å². The average Bonchev–Trinajstić information content (AvgIpc) is 2.90. The first-order valence-electron chi connectivity index (χ1n) is 7.91. The van der Waals surface area contributed by atoms with Crippen LogP contribution in [-0.2, 0) is 4.79 Å². The van der Waals surface area contributed by atoms with Gasteiger partial charge in [0.25, 0.3) is 5.91 Å². The summed E-state index contributed by atoms with van der Waals surface area (Å²) < 4.78 is 13.3. The fraction of sp³-hybridized carbons (Fsp3) is 0.412. The van der Waals surface area contributed by atoms with Crippen LogP contribution < -0.4 is 5.32 Å². The molecule has 24 heavy (non-hydrogen) atoms. The van der Waals surface area contributed by atoms with Crippen LogP contribution in [0.1, 0.15) is 42.6 Å². The molecule has 3 rings (SSSR count). The lowest BCUT2D eigenvalue weighted by molar-refractivity contribution is -0.150. The first-order valence-corrected chi connectivity index (χ1v) is 8.29. The van der Waals surface area contributed by atoms with Crippen molar-refractivity contribution in [1.82, 2.24) is 10.3 Å². The fourth-order valence-corrected chi connectivity index (χ4v) is 3.61. The molecule has 0 radical (unpaired) electrons. The first-order chi connectivity index (χ1) is 11.4. The van der Waals surface area contributed by atoms with Crippen molar-refractivity contribution in [2.75, 3.05) is 6.54 Å². The lowest BCUT2D eigenvalue weighted by atomic mass is 9.74. The van der Waals surface area contributed by atoms with E-state index < -0.39 is 23.1 Å². The van der Waals surface area contributed by atoms with Crippen molar-refractivity contribution < 1.29 is 19.1 Å². The number of carboxylic acids is 1. The summed E-state index contributed by atoms with van der Waals surface area (Å²) in [5, 5.41) is 12.8. The number of fused-ring (bicyclic) bond motifs is 1. The molecule has 1 fully saturated rings. The minimum Gasteiger partial charge on any atom is -0.481 e. The number of benzene rings is 1. The highest BCUT2D eigenvalue weighted by molar-refractivity contribution is 6.38. The smallest absolute Gasteiger partial charge is 0.311 e. The van der Waals surface area contributed by atoms with Crippen molar-refractivity contribution in [3.8, 4) is 0 Å². The topological polar surface area (TPSA) is 82.2 Å². The zero-order valence-corrected chi connectivity index (χ0v) is 13.8. The molecule has 3 N–H and O–H groups in total. The number of halogens is 2. The van der Waals surface area contributed by atoms with Crippen molar-refractivity contribution >= 4 is 34.4 Å². The fourth-order valence-electron chi connectivity index (χ4n) is 3.32. The molecule has 2 aromatic rings. The van der Waals surface area contributed by atoms with E-state index in [4.69, 9.17) is 11.6 Å². The highest BCUT2D eigenvalue weighted by atomic mass is 35.5. The molecule has 5 nitrogen and oxygen atoms in total. The van der Waals surface area contributed by atoms with Crippen LogP contribution in [0.2, 0.25) is 5.02 Å². The lowest BCUT2D eigenvalue weighted by Gasteiger charge is -2.33. The van der Waals surface area contributed by atoms with Gasteiger partial charge in [-0.05, 0) is 31.0 Å². The number of hydrogen-bond donors (Lipinski definition) is 3. The summed E-state index contributed by atoms with van der Waals surface area (Å²) in [6.45, 7) is 0.0568. The van der Waals surface area contributed by atoms with Crippen molar-refractivity contribution in [2.24, 2.45) is 5.41 Å². The number of aromatic nitrogens is 1. The summed E-state index contributed by atoms with van der Waals surface area (Å²) in [4.78, 5) is 26.9. The number of carbonyl (C=O) groups is 2. The van der Waals surface area contributed by atoms with Gasteiger partial charge in [0.05, 0.1) is 10.4 Å². The van der Waals surface area contributed by atoms with Crippen LogP contribution in [0.25, 0.3) is 10.9 Å². The summed E-state index contributed by atoms with van der Waals surface area (Å²) in [5.41, 5.74) is -0.246. The standard InChI is InChI=1S/C17H18ClFN2O3/c18-13-11-8-10(19)4-5-12(11)21-14(13)15(22)20-9-17(16(23)24)6-2-1-3-7-17/h4-5,8,21H,1-3,6-7,9H2,(H,20,22)(H,23,24). The minimum absolute atomic E-state index is 0.0568. The molecule has 0 saturated heterocycles. The zero-order valence-electron chi connectivity index (χ0n) is 13.0. The predicted molar refractivity (Wildman–Crippen MR) is 88.8 cm³/mol. The highest BCUT2D eigenvalue weighted by Crippen LogP contribution is 2.36. The van der Waals surface area contributed by atoms with Crippen LogP contribution in [0.15, 0.2) is 18.2 Å². The number of hydrogen-bond acceptors (Lipinski definition) is 2. The number of rotatable bonds is 4. The van der Waals surface area contributed by atoms with Crippen molar-refractivity contribution in [1.29, 1.82) is 0 Å². The number of aromatic amines is 1. The Morgan fingerprint density at radius 1 is 1.29 bits per heavy atom. The summed E-state index contributed by atoms with van der Waals surface area (Å²) in [7, 11) is 0. The Morgan fingerprint density at radius 3 is 2.67 bits per heavy atom. The maximum atomic E-state index is 13.3. The Morgan fingerprint density at radius 2 is 2.00 bits per heavy atom. The molecular weight excluding hydrogens is 335 g/mol. The van der Waals surface area contributed by atoms with Crippen LogP contribution in [-0.4, -0.2) is 28.5 Å². The summed E-state index contributed by atoms with van der Waals surface area (Å²) >= 11 is 6.17. The van der Waals surface area contributed by atoms with Crippen LogP contribution in [0.4, 0.5) is 4.39 Å². The summed E-state index contributed by atoms with van der Waals surface area (Å²) in [6.07, 6.45) is 3.80. The number of amides is 1. The predicted octanol–water partition coefficient (Wildman–Crippen LogP) is 3.73. The first kappa shape index (κ1) is 16.8. The third kappa shape index (κ3) is 2.98. The van der Waals surface area contributed by atoms with Gasteiger partial charge in [-0.2, -0.15) is 0 Å². The van der Waals surface area contributed by atoms with Gasteiger partial charge >= 0.3 is 5.97 Å². The lowest BCUT2D eigenvalue weighted by Crippen LogP contribution is -2.44. The zero-order chi connectivity index (χ0) is 17.3. The Balaban J connectivity index is 1.80. The third-order valence-electron chi connectivity index (χ3n) is 4.78. The van der Waals surface area contributed by atoms with Crippen LogP contribution in [0.3, 0.4) is 0 Å². The van der Waals surface area contributed by atoms with Crippen molar-refractivity contribution in [2.45, 2.75) is 32.1 Å². The van der Waals surface area contributed by atoms with E-state index in [0.717, 1.165) is 19.3 Å². The largest absolute Gasteiger partial charge is 0.481 e. The Hall–Kier alpha value is -2.08. The van der Waals surface area contributed by atoms with Crippen LogP contribution >= 0.6 is 11.6 Å². The quantitative estimate of drug-likeness (QED) is 0.784. The second-order valence-corrected chi connectivity index (χ2v) is 6.71. The highest BCUT2D eigenvalue weighted by Gasteiger charge is 2.40. The Kier molecular flexibility index (Phi) is 4.49. The average molecular weight is 353 g/mol. The SMILES string of the molecule is O=C(NCC1(C(=O)O)CCCCC1)c1[nH]c2ccc(F)cc2c1Cl. The molecule has 1 aromatic carbocycles. The molecular formula is C17H18ClFN2O3. The molecule has 0 aliphatic heterocycles. The molecule has 7 heteroatoms. The Bertz CT molecular complexity index is 796. The molecule has 1 aromatic heterocycles. The number of carboxylic acid groups (broad SMARTS) is 1. The van der Waals surface area contributed by atoms with E-state index >= 15 is 0 Å². The van der Waals surface area contributed by atoms with E-state index in [1.165, 1.54) is 18.2 Å². The maximum Gasteiger partial charge on any atom is 0.311 e. The van der Waals surface area contributed by atoms with E-state index in [1.807, 2.05) is 0 Å². The molecule has 0 bridgehead atoms. The van der Waals surface area contributed by atoms with Gasteiger partial charge in [0, 0.05) is 17.4 Å². The molecule has 1 aliphatic carbocycles. The molecule has 1 amide bonds. The summed E-state index contributed by atoms with van der Waals surface area (Å²) in [6, 6.07) is 4.04. The Labute approximate surface area is 143 Å². The molecule has 1 heterocycles. The molecule has 128 valence electrons. The van der Waals surface area contributed by atoms with E-state index in [-0.39, 0.29) is 17.3 Å². The second-order valence-electron chi connectivity index (χ2n) is 6.33.